The molecule has 8 heteroatoms. The highest BCUT2D eigenvalue weighted by Gasteiger charge is 2.15. The van der Waals surface area contributed by atoms with Crippen molar-refractivity contribution in [3.63, 3.8) is 0 Å². The normalized spacial score (nSPS) is 11.3. The van der Waals surface area contributed by atoms with Crippen molar-refractivity contribution in [2.24, 2.45) is 4.99 Å². The minimum absolute atomic E-state index is 0.0442. The molecule has 1 heterocycles. The second kappa shape index (κ2) is 9.40. The maximum Gasteiger partial charge on any atom is 0.338 e. The van der Waals surface area contributed by atoms with Crippen molar-refractivity contribution >= 4 is 28.9 Å². The average molecular weight is 430 g/mol. The van der Waals surface area contributed by atoms with E-state index in [9.17, 15) is 15.0 Å². The van der Waals surface area contributed by atoms with Crippen LogP contribution in [0.1, 0.15) is 28.4 Å². The SMILES string of the molecule is CCOC(=O)c1ccc2nn(-c3cc(CCO)cc(C=Nc4ccccc4)c3O)nc2c1. The van der Waals surface area contributed by atoms with Crippen molar-refractivity contribution in [1.29, 1.82) is 0 Å². The standard InChI is InChI=1S/C24H22N4O4/c1-2-32-24(31)17-8-9-20-21(14-17)27-28(26-20)22-13-16(10-11-29)12-18(23(22)30)15-25-19-6-4-3-5-7-19/h3-9,12-15,29-30H,2,10-11H2,1H3. The minimum atomic E-state index is -0.434. The largest absolute Gasteiger partial charge is 0.505 e. The van der Waals surface area contributed by atoms with E-state index in [0.29, 0.717) is 34.3 Å². The molecule has 3 aromatic carbocycles. The summed E-state index contributed by atoms with van der Waals surface area (Å²) in [6.07, 6.45) is 1.96. The van der Waals surface area contributed by atoms with E-state index in [1.165, 1.54) is 4.80 Å². The molecule has 0 saturated heterocycles. The smallest absolute Gasteiger partial charge is 0.338 e. The lowest BCUT2D eigenvalue weighted by molar-refractivity contribution is 0.0526. The summed E-state index contributed by atoms with van der Waals surface area (Å²) in [5, 5.41) is 29.2. The molecule has 0 fully saturated rings. The number of phenols is 1. The van der Waals surface area contributed by atoms with Gasteiger partial charge in [-0.2, -0.15) is 0 Å². The molecule has 32 heavy (non-hydrogen) atoms. The molecule has 0 saturated carbocycles. The molecular formula is C24H22N4O4. The van der Waals surface area contributed by atoms with E-state index in [0.717, 1.165) is 11.3 Å². The van der Waals surface area contributed by atoms with Gasteiger partial charge in [0.2, 0.25) is 0 Å². The van der Waals surface area contributed by atoms with E-state index < -0.39 is 5.97 Å². The molecule has 0 amide bonds. The maximum absolute atomic E-state index is 12.0. The zero-order chi connectivity index (χ0) is 22.5. The van der Waals surface area contributed by atoms with Gasteiger partial charge in [0.15, 0.2) is 5.75 Å². The number of aliphatic hydroxyl groups is 1. The summed E-state index contributed by atoms with van der Waals surface area (Å²) in [4.78, 5) is 17.7. The van der Waals surface area contributed by atoms with Gasteiger partial charge in [0.1, 0.15) is 16.7 Å². The topological polar surface area (TPSA) is 110 Å². The Morgan fingerprint density at radius 1 is 1.09 bits per heavy atom. The molecule has 0 aliphatic rings. The Kier molecular flexibility index (Phi) is 6.23. The monoisotopic (exact) mass is 430 g/mol. The van der Waals surface area contributed by atoms with E-state index in [1.807, 2.05) is 30.3 Å². The van der Waals surface area contributed by atoms with Gasteiger partial charge >= 0.3 is 5.97 Å². The lowest BCUT2D eigenvalue weighted by Gasteiger charge is -2.09. The van der Waals surface area contributed by atoms with Crippen LogP contribution in [0.4, 0.5) is 5.69 Å². The number of phenolic OH excluding ortho intramolecular Hbond substituents is 1. The van der Waals surface area contributed by atoms with Crippen molar-refractivity contribution < 1.29 is 19.7 Å². The molecule has 0 radical (unpaired) electrons. The fourth-order valence-electron chi connectivity index (χ4n) is 3.25. The molecule has 4 aromatic rings. The van der Waals surface area contributed by atoms with Crippen molar-refractivity contribution in [2.75, 3.05) is 13.2 Å². The van der Waals surface area contributed by atoms with Gasteiger partial charge in [-0.25, -0.2) is 4.79 Å². The number of aromatic hydroxyl groups is 1. The van der Waals surface area contributed by atoms with Crippen LogP contribution in [0.25, 0.3) is 16.7 Å². The van der Waals surface area contributed by atoms with Gasteiger partial charge < -0.3 is 14.9 Å². The van der Waals surface area contributed by atoms with Crippen LogP contribution < -0.4 is 0 Å². The van der Waals surface area contributed by atoms with Crippen molar-refractivity contribution in [3.05, 3.63) is 77.4 Å². The molecule has 162 valence electrons. The molecule has 0 atom stereocenters. The number of nitrogens with zero attached hydrogens (tertiary/aromatic N) is 4. The second-order valence-corrected chi connectivity index (χ2v) is 7.03. The fraction of sp³-hybridized carbons (Fsp3) is 0.167. The Labute approximate surface area is 184 Å². The molecule has 0 aliphatic heterocycles. The first kappa shape index (κ1) is 21.2. The summed E-state index contributed by atoms with van der Waals surface area (Å²) in [6.45, 7) is 1.98. The van der Waals surface area contributed by atoms with Crippen LogP contribution in [0.2, 0.25) is 0 Å². The number of rotatable bonds is 7. The van der Waals surface area contributed by atoms with Crippen LogP contribution in [0.3, 0.4) is 0 Å². The zero-order valence-electron chi connectivity index (χ0n) is 17.5. The van der Waals surface area contributed by atoms with Gasteiger partial charge in [-0.15, -0.1) is 15.0 Å². The number of fused-ring (bicyclic) bond motifs is 1. The Balaban J connectivity index is 1.76. The Morgan fingerprint density at radius 2 is 1.88 bits per heavy atom. The number of carbonyl (C=O) groups excluding carboxylic acids is 1. The molecule has 4 rings (SSSR count). The summed E-state index contributed by atoms with van der Waals surface area (Å²) in [6, 6.07) is 17.8. The highest BCUT2D eigenvalue weighted by molar-refractivity contribution is 5.93. The number of para-hydroxylation sites is 1. The molecule has 0 spiro atoms. The highest BCUT2D eigenvalue weighted by atomic mass is 16.5. The van der Waals surface area contributed by atoms with Crippen LogP contribution in [0.5, 0.6) is 5.75 Å². The lowest BCUT2D eigenvalue weighted by atomic mass is 10.1. The van der Waals surface area contributed by atoms with E-state index >= 15 is 0 Å². The van der Waals surface area contributed by atoms with E-state index in [1.54, 1.807) is 43.5 Å². The van der Waals surface area contributed by atoms with Crippen molar-refractivity contribution in [2.45, 2.75) is 13.3 Å². The van der Waals surface area contributed by atoms with E-state index in [-0.39, 0.29) is 19.0 Å². The molecule has 2 N–H and O–H groups in total. The Hall–Kier alpha value is -4.04. The molecule has 0 bridgehead atoms. The van der Waals surface area contributed by atoms with E-state index in [4.69, 9.17) is 4.74 Å². The zero-order valence-corrected chi connectivity index (χ0v) is 17.5. The number of benzene rings is 3. The number of aromatic nitrogens is 3. The summed E-state index contributed by atoms with van der Waals surface area (Å²) in [5.74, 6) is -0.478. The van der Waals surface area contributed by atoms with Gasteiger partial charge in [0, 0.05) is 18.4 Å². The van der Waals surface area contributed by atoms with Gasteiger partial charge in [0.25, 0.3) is 0 Å². The third kappa shape index (κ3) is 4.50. The summed E-state index contributed by atoms with van der Waals surface area (Å²) >= 11 is 0. The number of esters is 1. The second-order valence-electron chi connectivity index (χ2n) is 7.03. The quantitative estimate of drug-likeness (QED) is 0.343. The summed E-state index contributed by atoms with van der Waals surface area (Å²) < 4.78 is 5.04. The first-order valence-corrected chi connectivity index (χ1v) is 10.2. The predicted octanol–water partition coefficient (Wildman–Crippen LogP) is 3.59. The molecular weight excluding hydrogens is 408 g/mol. The molecule has 8 nitrogen and oxygen atoms in total. The molecule has 0 unspecified atom stereocenters. The van der Waals surface area contributed by atoms with Gasteiger partial charge in [-0.05, 0) is 61.4 Å². The Morgan fingerprint density at radius 3 is 2.62 bits per heavy atom. The number of hydrogen-bond acceptors (Lipinski definition) is 7. The van der Waals surface area contributed by atoms with Crippen LogP contribution in [-0.2, 0) is 11.2 Å². The molecule has 1 aromatic heterocycles. The number of ether oxygens (including phenoxy) is 1. The van der Waals surface area contributed by atoms with Gasteiger partial charge in [-0.1, -0.05) is 18.2 Å². The number of hydrogen-bond donors (Lipinski definition) is 2. The fourth-order valence-corrected chi connectivity index (χ4v) is 3.25. The van der Waals surface area contributed by atoms with Crippen LogP contribution in [0.15, 0.2) is 65.7 Å². The van der Waals surface area contributed by atoms with Crippen LogP contribution >= 0.6 is 0 Å². The first-order chi connectivity index (χ1) is 15.6. The van der Waals surface area contributed by atoms with Crippen molar-refractivity contribution in [1.82, 2.24) is 15.0 Å². The van der Waals surface area contributed by atoms with Gasteiger partial charge in [0.05, 0.1) is 17.9 Å². The average Bonchev–Trinajstić information content (AvgIpc) is 3.23. The summed E-state index contributed by atoms with van der Waals surface area (Å²) in [5.41, 5.74) is 3.79. The molecule has 0 aliphatic carbocycles. The minimum Gasteiger partial charge on any atom is -0.505 e. The van der Waals surface area contributed by atoms with Gasteiger partial charge in [-0.3, -0.25) is 4.99 Å². The number of aliphatic hydroxyl groups excluding tert-OH is 1. The predicted molar refractivity (Wildman–Crippen MR) is 121 cm³/mol. The Bertz CT molecular complexity index is 1280. The van der Waals surface area contributed by atoms with Crippen LogP contribution in [-0.4, -0.2) is 50.6 Å². The first-order valence-electron chi connectivity index (χ1n) is 10.2. The maximum atomic E-state index is 12.0. The number of carbonyl (C=O) groups is 1. The third-order valence-corrected chi connectivity index (χ3v) is 4.80. The van der Waals surface area contributed by atoms with E-state index in [2.05, 4.69) is 15.2 Å². The lowest BCUT2D eigenvalue weighted by Crippen LogP contribution is -2.04. The van der Waals surface area contributed by atoms with Crippen LogP contribution in [0, 0.1) is 0 Å². The van der Waals surface area contributed by atoms with Crippen molar-refractivity contribution in [3.8, 4) is 11.4 Å². The summed E-state index contributed by atoms with van der Waals surface area (Å²) in [7, 11) is 0. The number of aliphatic imine (C=N–C) groups is 1. The highest BCUT2D eigenvalue weighted by Crippen LogP contribution is 2.28. The third-order valence-electron chi connectivity index (χ3n) is 4.80.